The third-order valence-electron chi connectivity index (χ3n) is 3.74. The van der Waals surface area contributed by atoms with Gasteiger partial charge in [0.2, 0.25) is 0 Å². The van der Waals surface area contributed by atoms with Gasteiger partial charge in [0.25, 0.3) is 0 Å². The zero-order chi connectivity index (χ0) is 11.9. The predicted octanol–water partition coefficient (Wildman–Crippen LogP) is 2.28. The fourth-order valence-corrected chi connectivity index (χ4v) is 2.98. The Kier molecular flexibility index (Phi) is 2.77. The van der Waals surface area contributed by atoms with Crippen LogP contribution in [0.25, 0.3) is 0 Å². The molecule has 1 spiro atoms. The SMILES string of the molecule is OC1CC2(CCNCC2)Oc2ccc(Cl)cc21. The predicted molar refractivity (Wildman–Crippen MR) is 66.5 cm³/mol. The number of rotatable bonds is 0. The standard InChI is InChI=1S/C13H16ClNO2/c14-9-1-2-12-10(7-9)11(16)8-13(17-12)3-5-15-6-4-13/h1-2,7,11,15-16H,3-6,8H2. The largest absolute Gasteiger partial charge is 0.487 e. The minimum atomic E-state index is -0.462. The summed E-state index contributed by atoms with van der Waals surface area (Å²) in [6.45, 7) is 1.91. The van der Waals surface area contributed by atoms with Crippen molar-refractivity contribution in [3.05, 3.63) is 28.8 Å². The van der Waals surface area contributed by atoms with E-state index in [2.05, 4.69) is 5.32 Å². The summed E-state index contributed by atoms with van der Waals surface area (Å²) in [5, 5.41) is 14.2. The van der Waals surface area contributed by atoms with Crippen molar-refractivity contribution >= 4 is 11.6 Å². The van der Waals surface area contributed by atoms with Crippen molar-refractivity contribution in [2.75, 3.05) is 13.1 Å². The van der Waals surface area contributed by atoms with Gasteiger partial charge in [-0.25, -0.2) is 0 Å². The quantitative estimate of drug-likeness (QED) is 0.745. The van der Waals surface area contributed by atoms with Crippen LogP contribution in [0.5, 0.6) is 5.75 Å². The van der Waals surface area contributed by atoms with Crippen molar-refractivity contribution < 1.29 is 9.84 Å². The average molecular weight is 254 g/mol. The van der Waals surface area contributed by atoms with E-state index in [0.717, 1.165) is 37.2 Å². The average Bonchev–Trinajstić information content (AvgIpc) is 2.31. The molecule has 1 unspecified atom stereocenters. The lowest BCUT2D eigenvalue weighted by Gasteiger charge is -2.43. The molecule has 2 aliphatic rings. The summed E-state index contributed by atoms with van der Waals surface area (Å²) in [5.74, 6) is 0.787. The van der Waals surface area contributed by atoms with Crippen molar-refractivity contribution in [3.63, 3.8) is 0 Å². The highest BCUT2D eigenvalue weighted by Gasteiger charge is 2.41. The Bertz CT molecular complexity index is 429. The van der Waals surface area contributed by atoms with Gasteiger partial charge in [-0.15, -0.1) is 0 Å². The number of ether oxygens (including phenoxy) is 1. The number of nitrogens with one attached hydrogen (secondary N) is 1. The number of piperidine rings is 1. The summed E-state index contributed by atoms with van der Waals surface area (Å²) in [6, 6.07) is 5.48. The summed E-state index contributed by atoms with van der Waals surface area (Å²) in [7, 11) is 0. The first-order chi connectivity index (χ1) is 8.19. The molecular weight excluding hydrogens is 238 g/mol. The van der Waals surface area contributed by atoms with Gasteiger partial charge in [-0.2, -0.15) is 0 Å². The summed E-state index contributed by atoms with van der Waals surface area (Å²) >= 11 is 5.94. The van der Waals surface area contributed by atoms with Crippen LogP contribution in [-0.2, 0) is 0 Å². The van der Waals surface area contributed by atoms with E-state index >= 15 is 0 Å². The Balaban J connectivity index is 1.94. The molecule has 2 N–H and O–H groups in total. The fourth-order valence-electron chi connectivity index (χ4n) is 2.80. The summed E-state index contributed by atoms with van der Waals surface area (Å²) < 4.78 is 6.13. The van der Waals surface area contributed by atoms with E-state index in [1.165, 1.54) is 0 Å². The van der Waals surface area contributed by atoms with E-state index < -0.39 is 6.10 Å². The lowest BCUT2D eigenvalue weighted by molar-refractivity contribution is -0.0336. The Morgan fingerprint density at radius 2 is 2.12 bits per heavy atom. The highest BCUT2D eigenvalue weighted by molar-refractivity contribution is 6.30. The topological polar surface area (TPSA) is 41.5 Å². The highest BCUT2D eigenvalue weighted by Crippen LogP contribution is 2.44. The first-order valence-electron chi connectivity index (χ1n) is 6.06. The molecule has 2 aliphatic heterocycles. The lowest BCUT2D eigenvalue weighted by atomic mass is 9.82. The zero-order valence-electron chi connectivity index (χ0n) is 9.58. The molecule has 3 nitrogen and oxygen atoms in total. The molecule has 3 rings (SSSR count). The van der Waals surface area contributed by atoms with Gasteiger partial charge in [0.1, 0.15) is 11.4 Å². The number of halogens is 1. The second-order valence-corrected chi connectivity index (χ2v) is 5.37. The van der Waals surface area contributed by atoms with Crippen LogP contribution in [0, 0.1) is 0 Å². The maximum absolute atomic E-state index is 10.2. The second kappa shape index (κ2) is 4.16. The molecular formula is C13H16ClNO2. The van der Waals surface area contributed by atoms with Gasteiger partial charge in [-0.05, 0) is 44.1 Å². The van der Waals surface area contributed by atoms with Gasteiger partial charge in [-0.3, -0.25) is 0 Å². The molecule has 1 fully saturated rings. The number of fused-ring (bicyclic) bond motifs is 1. The minimum absolute atomic E-state index is 0.189. The maximum atomic E-state index is 10.2. The van der Waals surface area contributed by atoms with Crippen LogP contribution in [-0.4, -0.2) is 23.8 Å². The molecule has 92 valence electrons. The van der Waals surface area contributed by atoms with E-state index in [-0.39, 0.29) is 5.60 Å². The summed E-state index contributed by atoms with van der Waals surface area (Å²) in [5.41, 5.74) is 0.632. The highest BCUT2D eigenvalue weighted by atomic mass is 35.5. The number of aliphatic hydroxyl groups is 1. The van der Waals surface area contributed by atoms with E-state index in [1.807, 2.05) is 12.1 Å². The Labute approximate surface area is 106 Å². The van der Waals surface area contributed by atoms with Crippen molar-refractivity contribution in [2.24, 2.45) is 0 Å². The van der Waals surface area contributed by atoms with Crippen LogP contribution in [0.2, 0.25) is 5.02 Å². The van der Waals surface area contributed by atoms with Crippen LogP contribution in [0.1, 0.15) is 30.9 Å². The Hall–Kier alpha value is -0.770. The van der Waals surface area contributed by atoms with Crippen LogP contribution >= 0.6 is 11.6 Å². The number of aliphatic hydroxyl groups excluding tert-OH is 1. The zero-order valence-corrected chi connectivity index (χ0v) is 10.3. The van der Waals surface area contributed by atoms with Crippen molar-refractivity contribution in [3.8, 4) is 5.75 Å². The molecule has 2 heterocycles. The van der Waals surface area contributed by atoms with E-state index in [9.17, 15) is 5.11 Å². The lowest BCUT2D eigenvalue weighted by Crippen LogP contribution is -2.49. The molecule has 0 aromatic heterocycles. The molecule has 1 aromatic carbocycles. The molecule has 1 aromatic rings. The van der Waals surface area contributed by atoms with Crippen LogP contribution in [0.15, 0.2) is 18.2 Å². The summed E-state index contributed by atoms with van der Waals surface area (Å²) in [6.07, 6.45) is 2.11. The number of benzene rings is 1. The van der Waals surface area contributed by atoms with Gasteiger partial charge >= 0.3 is 0 Å². The second-order valence-electron chi connectivity index (χ2n) is 4.94. The van der Waals surface area contributed by atoms with E-state index in [1.54, 1.807) is 6.07 Å². The molecule has 0 bridgehead atoms. The van der Waals surface area contributed by atoms with Gasteiger partial charge in [0.15, 0.2) is 0 Å². The smallest absolute Gasteiger partial charge is 0.126 e. The van der Waals surface area contributed by atoms with Gasteiger partial charge in [-0.1, -0.05) is 11.6 Å². The molecule has 0 radical (unpaired) electrons. The minimum Gasteiger partial charge on any atom is -0.487 e. The molecule has 0 aliphatic carbocycles. The van der Waals surface area contributed by atoms with Crippen LogP contribution < -0.4 is 10.1 Å². The van der Waals surface area contributed by atoms with Crippen molar-refractivity contribution in [1.29, 1.82) is 0 Å². The van der Waals surface area contributed by atoms with Crippen LogP contribution in [0.3, 0.4) is 0 Å². The number of hydrogen-bond donors (Lipinski definition) is 2. The molecule has 4 heteroatoms. The van der Waals surface area contributed by atoms with E-state index in [4.69, 9.17) is 16.3 Å². The van der Waals surface area contributed by atoms with Crippen LogP contribution in [0.4, 0.5) is 0 Å². The Morgan fingerprint density at radius 1 is 1.35 bits per heavy atom. The maximum Gasteiger partial charge on any atom is 0.126 e. The monoisotopic (exact) mass is 253 g/mol. The number of hydrogen-bond acceptors (Lipinski definition) is 3. The molecule has 17 heavy (non-hydrogen) atoms. The normalized spacial score (nSPS) is 26.4. The molecule has 1 saturated heterocycles. The Morgan fingerprint density at radius 3 is 2.88 bits per heavy atom. The molecule has 1 atom stereocenters. The molecule has 0 amide bonds. The summed E-state index contributed by atoms with van der Waals surface area (Å²) in [4.78, 5) is 0. The van der Waals surface area contributed by atoms with E-state index in [0.29, 0.717) is 11.4 Å². The molecule has 0 saturated carbocycles. The van der Waals surface area contributed by atoms with Crippen molar-refractivity contribution in [1.82, 2.24) is 5.32 Å². The first kappa shape index (κ1) is 11.3. The third-order valence-corrected chi connectivity index (χ3v) is 3.97. The first-order valence-corrected chi connectivity index (χ1v) is 6.44. The van der Waals surface area contributed by atoms with Gasteiger partial charge < -0.3 is 15.2 Å². The van der Waals surface area contributed by atoms with Gasteiger partial charge in [0.05, 0.1) is 6.10 Å². The van der Waals surface area contributed by atoms with Gasteiger partial charge in [0, 0.05) is 17.0 Å². The fraction of sp³-hybridized carbons (Fsp3) is 0.538. The van der Waals surface area contributed by atoms with Crippen molar-refractivity contribution in [2.45, 2.75) is 31.0 Å². The third kappa shape index (κ3) is 2.03.